The summed E-state index contributed by atoms with van der Waals surface area (Å²) in [6.07, 6.45) is 2.84. The first kappa shape index (κ1) is 23.5. The Labute approximate surface area is 180 Å². The van der Waals surface area contributed by atoms with E-state index in [0.717, 1.165) is 10.8 Å². The summed E-state index contributed by atoms with van der Waals surface area (Å²) in [5.74, 6) is 0.574. The number of aliphatic imine (C=N–C) groups is 1. The molecule has 2 rings (SSSR count). The van der Waals surface area contributed by atoms with Crippen molar-refractivity contribution in [1.29, 1.82) is 0 Å². The lowest BCUT2D eigenvalue weighted by atomic mass is 10.5. The SMILES string of the molecule is CN=C(NCCNS(=O)(=O)c1cccnc1)NCc1csc(N(C)C)n1.I. The van der Waals surface area contributed by atoms with Gasteiger partial charge in [0.05, 0.1) is 12.2 Å². The molecule has 0 amide bonds. The monoisotopic (exact) mass is 525 g/mol. The van der Waals surface area contributed by atoms with Crippen LogP contribution < -0.4 is 20.3 Å². The second-order valence-electron chi connectivity index (χ2n) is 5.45. The summed E-state index contributed by atoms with van der Waals surface area (Å²) >= 11 is 1.57. The molecule has 2 heterocycles. The maximum Gasteiger partial charge on any atom is 0.242 e. The van der Waals surface area contributed by atoms with Gasteiger partial charge < -0.3 is 15.5 Å². The van der Waals surface area contributed by atoms with Gasteiger partial charge in [0.1, 0.15) is 4.90 Å². The number of hydrogen-bond acceptors (Lipinski definition) is 7. The van der Waals surface area contributed by atoms with Crippen molar-refractivity contribution < 1.29 is 8.42 Å². The number of thiazole rings is 1. The number of guanidine groups is 1. The fourth-order valence-corrected chi connectivity index (χ4v) is 3.69. The molecule has 0 fully saturated rings. The third-order valence-electron chi connectivity index (χ3n) is 3.24. The molecule has 0 radical (unpaired) electrons. The summed E-state index contributed by atoms with van der Waals surface area (Å²) in [5, 5.41) is 9.12. The van der Waals surface area contributed by atoms with Crippen LogP contribution in [-0.2, 0) is 16.6 Å². The fraction of sp³-hybridized carbons (Fsp3) is 0.400. The number of sulfonamides is 1. The van der Waals surface area contributed by atoms with E-state index in [4.69, 9.17) is 0 Å². The highest BCUT2D eigenvalue weighted by molar-refractivity contribution is 14.0. The predicted molar refractivity (Wildman–Crippen MR) is 119 cm³/mol. The molecule has 150 valence electrons. The van der Waals surface area contributed by atoms with E-state index >= 15 is 0 Å². The van der Waals surface area contributed by atoms with Crippen molar-refractivity contribution in [2.45, 2.75) is 11.4 Å². The van der Waals surface area contributed by atoms with E-state index in [-0.39, 0.29) is 35.4 Å². The summed E-state index contributed by atoms with van der Waals surface area (Å²) < 4.78 is 26.7. The van der Waals surface area contributed by atoms with Gasteiger partial charge in [-0.15, -0.1) is 35.3 Å². The number of aromatic nitrogens is 2. The maximum absolute atomic E-state index is 12.1. The van der Waals surface area contributed by atoms with Crippen LogP contribution in [0, 0.1) is 0 Å². The number of nitrogens with one attached hydrogen (secondary N) is 3. The first-order valence-corrected chi connectivity index (χ1v) is 10.2. The molecule has 0 atom stereocenters. The van der Waals surface area contributed by atoms with Gasteiger partial charge in [-0.1, -0.05) is 0 Å². The van der Waals surface area contributed by atoms with Crippen LogP contribution in [-0.4, -0.2) is 58.6 Å². The van der Waals surface area contributed by atoms with Gasteiger partial charge in [-0.25, -0.2) is 18.1 Å². The fourth-order valence-electron chi connectivity index (χ4n) is 1.93. The van der Waals surface area contributed by atoms with Crippen LogP contribution in [0.5, 0.6) is 0 Å². The summed E-state index contributed by atoms with van der Waals surface area (Å²) in [6.45, 7) is 1.14. The van der Waals surface area contributed by atoms with Crippen LogP contribution in [0.15, 0.2) is 39.8 Å². The van der Waals surface area contributed by atoms with Gasteiger partial charge >= 0.3 is 0 Å². The van der Waals surface area contributed by atoms with Gasteiger partial charge in [0.25, 0.3) is 0 Å². The molecular weight excluding hydrogens is 501 g/mol. The zero-order valence-corrected chi connectivity index (χ0v) is 19.3. The molecular formula is C15H24IN7O2S2. The van der Waals surface area contributed by atoms with Crippen molar-refractivity contribution in [1.82, 2.24) is 25.3 Å². The molecule has 27 heavy (non-hydrogen) atoms. The summed E-state index contributed by atoms with van der Waals surface area (Å²) in [7, 11) is 2.00. The first-order chi connectivity index (χ1) is 12.4. The van der Waals surface area contributed by atoms with E-state index in [0.29, 0.717) is 19.0 Å². The van der Waals surface area contributed by atoms with Gasteiger partial charge in [-0.05, 0) is 12.1 Å². The molecule has 0 spiro atoms. The number of anilines is 1. The highest BCUT2D eigenvalue weighted by Gasteiger charge is 2.12. The Bertz CT molecular complexity index is 826. The molecule has 3 N–H and O–H groups in total. The maximum atomic E-state index is 12.1. The Hall–Kier alpha value is -1.51. The molecule has 0 aliphatic carbocycles. The Morgan fingerprint density at radius 2 is 2.07 bits per heavy atom. The number of rotatable bonds is 8. The normalized spacial score (nSPS) is 11.6. The van der Waals surface area contributed by atoms with E-state index < -0.39 is 10.0 Å². The van der Waals surface area contributed by atoms with Crippen LogP contribution in [0.1, 0.15) is 5.69 Å². The molecule has 0 saturated heterocycles. The molecule has 0 unspecified atom stereocenters. The minimum absolute atomic E-state index is 0. The predicted octanol–water partition coefficient (Wildman–Crippen LogP) is 0.866. The zero-order chi connectivity index (χ0) is 19.0. The summed E-state index contributed by atoms with van der Waals surface area (Å²) in [4.78, 5) is 14.5. The van der Waals surface area contributed by atoms with E-state index in [9.17, 15) is 8.42 Å². The van der Waals surface area contributed by atoms with Gasteiger partial charge in [0.2, 0.25) is 10.0 Å². The molecule has 0 saturated carbocycles. The number of nitrogens with zero attached hydrogens (tertiary/aromatic N) is 4. The van der Waals surface area contributed by atoms with Crippen LogP contribution in [0.4, 0.5) is 5.13 Å². The average molecular weight is 525 g/mol. The van der Waals surface area contributed by atoms with Gasteiger partial charge in [0.15, 0.2) is 11.1 Å². The molecule has 9 nitrogen and oxygen atoms in total. The van der Waals surface area contributed by atoms with Crippen molar-refractivity contribution in [2.75, 3.05) is 39.1 Å². The highest BCUT2D eigenvalue weighted by atomic mass is 127. The van der Waals surface area contributed by atoms with Crippen molar-refractivity contribution in [3.63, 3.8) is 0 Å². The summed E-state index contributed by atoms with van der Waals surface area (Å²) in [6, 6.07) is 3.08. The smallest absolute Gasteiger partial charge is 0.242 e. The van der Waals surface area contributed by atoms with Crippen molar-refractivity contribution in [2.24, 2.45) is 4.99 Å². The minimum atomic E-state index is -3.55. The Kier molecular flexibility index (Phi) is 9.90. The largest absolute Gasteiger partial charge is 0.355 e. The van der Waals surface area contributed by atoms with Crippen LogP contribution in [0.2, 0.25) is 0 Å². The zero-order valence-electron chi connectivity index (χ0n) is 15.3. The molecule has 12 heteroatoms. The lowest BCUT2D eigenvalue weighted by Gasteiger charge is -2.12. The third-order valence-corrected chi connectivity index (χ3v) is 5.74. The van der Waals surface area contributed by atoms with Crippen molar-refractivity contribution in [3.8, 4) is 0 Å². The second kappa shape index (κ2) is 11.4. The van der Waals surface area contributed by atoms with E-state index in [1.165, 1.54) is 18.5 Å². The van der Waals surface area contributed by atoms with Crippen LogP contribution in [0.25, 0.3) is 0 Å². The number of hydrogen-bond donors (Lipinski definition) is 3. The molecule has 0 aliphatic heterocycles. The number of halogens is 1. The first-order valence-electron chi connectivity index (χ1n) is 7.88. The highest BCUT2D eigenvalue weighted by Crippen LogP contribution is 2.17. The molecule has 2 aromatic heterocycles. The Morgan fingerprint density at radius 1 is 1.30 bits per heavy atom. The molecule has 0 aliphatic rings. The van der Waals surface area contributed by atoms with Gasteiger partial charge in [-0.3, -0.25) is 9.98 Å². The standard InChI is InChI=1S/C15H23N7O2S2.HI/c1-16-14(19-9-12-11-25-15(21-12)22(2)3)18-7-8-20-26(23,24)13-5-4-6-17-10-13;/h4-6,10-11,20H,7-9H2,1-3H3,(H2,16,18,19);1H. The van der Waals surface area contributed by atoms with E-state index in [1.807, 2.05) is 24.4 Å². The van der Waals surface area contributed by atoms with E-state index in [1.54, 1.807) is 24.5 Å². The van der Waals surface area contributed by atoms with Crippen molar-refractivity contribution in [3.05, 3.63) is 35.6 Å². The Balaban J connectivity index is 0.00000364. The van der Waals surface area contributed by atoms with Crippen LogP contribution >= 0.6 is 35.3 Å². The lowest BCUT2D eigenvalue weighted by Crippen LogP contribution is -2.41. The van der Waals surface area contributed by atoms with E-state index in [2.05, 4.69) is 30.3 Å². The van der Waals surface area contributed by atoms with Crippen LogP contribution in [0.3, 0.4) is 0 Å². The second-order valence-corrected chi connectivity index (χ2v) is 8.06. The quantitative estimate of drug-likeness (QED) is 0.203. The number of pyridine rings is 1. The third kappa shape index (κ3) is 7.56. The molecule has 2 aromatic rings. The van der Waals surface area contributed by atoms with Gasteiger partial charge in [-0.2, -0.15) is 0 Å². The van der Waals surface area contributed by atoms with Gasteiger partial charge in [0, 0.05) is 52.0 Å². The summed E-state index contributed by atoms with van der Waals surface area (Å²) in [5.41, 5.74) is 0.916. The minimum Gasteiger partial charge on any atom is -0.355 e. The van der Waals surface area contributed by atoms with Crippen molar-refractivity contribution >= 4 is 56.4 Å². The lowest BCUT2D eigenvalue weighted by molar-refractivity contribution is 0.580. The topological polar surface area (TPSA) is 112 Å². The average Bonchev–Trinajstić information content (AvgIpc) is 3.11. The molecule has 0 aromatic carbocycles. The Morgan fingerprint density at radius 3 is 2.67 bits per heavy atom. The molecule has 0 bridgehead atoms.